The van der Waals surface area contributed by atoms with Crippen molar-refractivity contribution >= 4 is 46.0 Å². The van der Waals surface area contributed by atoms with Crippen LogP contribution in [0.4, 0.5) is 11.4 Å². The lowest BCUT2D eigenvalue weighted by Gasteiger charge is -2.26. The number of nitrogens with one attached hydrogen (secondary N) is 1. The molecule has 0 spiro atoms. The quantitative estimate of drug-likeness (QED) is 0.865. The van der Waals surface area contributed by atoms with E-state index in [0.29, 0.717) is 11.0 Å². The van der Waals surface area contributed by atoms with Gasteiger partial charge in [-0.2, -0.15) is 0 Å². The van der Waals surface area contributed by atoms with Crippen LogP contribution in [0.3, 0.4) is 0 Å². The lowest BCUT2D eigenvalue weighted by molar-refractivity contribution is -0.124. The highest BCUT2D eigenvalue weighted by molar-refractivity contribution is 8.15. The van der Waals surface area contributed by atoms with E-state index in [1.807, 2.05) is 55.5 Å². The lowest BCUT2D eigenvalue weighted by Crippen LogP contribution is -2.41. The normalized spacial score (nSPS) is 18.8. The van der Waals surface area contributed by atoms with Gasteiger partial charge in [0.15, 0.2) is 5.17 Å². The summed E-state index contributed by atoms with van der Waals surface area (Å²) in [5.41, 5.74) is 3.42. The van der Waals surface area contributed by atoms with Crippen LogP contribution in [-0.2, 0) is 9.59 Å². The maximum atomic E-state index is 12.7. The number of carbonyl (C=O) groups excluding carboxylic acids is 2. The van der Waals surface area contributed by atoms with Crippen molar-refractivity contribution < 1.29 is 9.59 Å². The summed E-state index contributed by atoms with van der Waals surface area (Å²) in [6.45, 7) is 5.55. The van der Waals surface area contributed by atoms with Crippen molar-refractivity contribution in [3.05, 3.63) is 59.7 Å². The summed E-state index contributed by atoms with van der Waals surface area (Å²) < 4.78 is 0. The second-order valence-corrected chi connectivity index (χ2v) is 8.14. The van der Waals surface area contributed by atoms with Gasteiger partial charge in [-0.1, -0.05) is 36.0 Å². The molecule has 0 aromatic heterocycles. The number of thioether (sulfide) groups is 1. The molecule has 0 fully saturated rings. The predicted octanol–water partition coefficient (Wildman–Crippen LogP) is 3.73. The molecule has 142 valence electrons. The number of anilines is 1. The van der Waals surface area contributed by atoms with Crippen molar-refractivity contribution in [2.45, 2.75) is 32.1 Å². The Bertz CT molecular complexity index is 1030. The van der Waals surface area contributed by atoms with Gasteiger partial charge < -0.3 is 5.32 Å². The van der Waals surface area contributed by atoms with Gasteiger partial charge in [-0.15, -0.1) is 0 Å². The third-order valence-corrected chi connectivity index (χ3v) is 5.65. The number of rotatable bonds is 3. The Morgan fingerprint density at radius 1 is 1.21 bits per heavy atom. The van der Waals surface area contributed by atoms with Crippen LogP contribution >= 0.6 is 11.8 Å². The molecule has 7 heteroatoms. The van der Waals surface area contributed by atoms with Crippen LogP contribution in [-0.4, -0.2) is 39.0 Å². The Kier molecular flexibility index (Phi) is 4.77. The molecule has 1 N–H and O–H groups in total. The van der Waals surface area contributed by atoms with Crippen LogP contribution in [0.5, 0.6) is 0 Å². The SMILES string of the molecule is Cc1cccc(NC(=O)[C@@H](C)SC2=Nc3ccccc3C3=N[C@@H](C)C(=O)N23)c1. The molecule has 0 bridgehead atoms. The summed E-state index contributed by atoms with van der Waals surface area (Å²) in [6, 6.07) is 14.8. The van der Waals surface area contributed by atoms with Crippen LogP contribution in [0.15, 0.2) is 58.5 Å². The first kappa shape index (κ1) is 18.4. The number of carbonyl (C=O) groups is 2. The van der Waals surface area contributed by atoms with Gasteiger partial charge >= 0.3 is 0 Å². The molecular weight excluding hydrogens is 372 g/mol. The average Bonchev–Trinajstić information content (AvgIpc) is 2.97. The van der Waals surface area contributed by atoms with Crippen molar-refractivity contribution in [3.8, 4) is 0 Å². The third kappa shape index (κ3) is 3.33. The minimum atomic E-state index is -0.455. The molecule has 0 unspecified atom stereocenters. The number of aryl methyl sites for hydroxylation is 1. The van der Waals surface area contributed by atoms with Crippen LogP contribution in [0.2, 0.25) is 0 Å². The van der Waals surface area contributed by atoms with E-state index in [1.54, 1.807) is 13.8 Å². The number of fused-ring (bicyclic) bond motifs is 3. The number of benzene rings is 2. The summed E-state index contributed by atoms with van der Waals surface area (Å²) in [6.07, 6.45) is 0. The highest BCUT2D eigenvalue weighted by Crippen LogP contribution is 2.34. The van der Waals surface area contributed by atoms with Gasteiger partial charge in [-0.3, -0.25) is 14.6 Å². The largest absolute Gasteiger partial charge is 0.325 e. The molecule has 2 aromatic rings. The van der Waals surface area contributed by atoms with Crippen molar-refractivity contribution in [1.29, 1.82) is 0 Å². The predicted molar refractivity (Wildman–Crippen MR) is 113 cm³/mol. The van der Waals surface area contributed by atoms with Crippen molar-refractivity contribution in [2.75, 3.05) is 5.32 Å². The molecule has 4 rings (SSSR count). The summed E-state index contributed by atoms with van der Waals surface area (Å²) in [7, 11) is 0. The Labute approximate surface area is 167 Å². The fourth-order valence-electron chi connectivity index (χ4n) is 3.13. The van der Waals surface area contributed by atoms with Gasteiger partial charge in [0.05, 0.1) is 10.9 Å². The van der Waals surface area contributed by atoms with E-state index in [-0.39, 0.29) is 11.8 Å². The van der Waals surface area contributed by atoms with Gasteiger partial charge in [0, 0.05) is 11.3 Å². The highest BCUT2D eigenvalue weighted by atomic mass is 32.2. The number of nitrogens with zero attached hydrogens (tertiary/aromatic N) is 3. The van der Waals surface area contributed by atoms with E-state index in [2.05, 4.69) is 15.3 Å². The van der Waals surface area contributed by atoms with Gasteiger partial charge in [0.25, 0.3) is 5.91 Å². The van der Waals surface area contributed by atoms with E-state index < -0.39 is 11.3 Å². The minimum absolute atomic E-state index is 0.123. The molecule has 0 saturated heterocycles. The van der Waals surface area contributed by atoms with Crippen molar-refractivity contribution in [2.24, 2.45) is 9.98 Å². The van der Waals surface area contributed by atoms with E-state index in [4.69, 9.17) is 0 Å². The molecule has 0 saturated carbocycles. The zero-order valence-corrected chi connectivity index (χ0v) is 16.7. The molecule has 2 aliphatic rings. The maximum absolute atomic E-state index is 12.7. The number of aliphatic imine (C=N–C) groups is 2. The van der Waals surface area contributed by atoms with E-state index in [0.717, 1.165) is 22.5 Å². The second kappa shape index (κ2) is 7.24. The molecular formula is C21H20N4O2S. The van der Waals surface area contributed by atoms with Gasteiger partial charge in [0.2, 0.25) is 5.91 Å². The summed E-state index contributed by atoms with van der Waals surface area (Å²) in [5.74, 6) is 0.342. The van der Waals surface area contributed by atoms with E-state index in [9.17, 15) is 9.59 Å². The monoisotopic (exact) mass is 392 g/mol. The molecule has 2 aliphatic heterocycles. The molecule has 0 radical (unpaired) electrons. The second-order valence-electron chi connectivity index (χ2n) is 6.83. The first-order valence-electron chi connectivity index (χ1n) is 9.08. The first-order valence-corrected chi connectivity index (χ1v) is 9.96. The number of hydrogen-bond donors (Lipinski definition) is 1. The Balaban J connectivity index is 1.58. The molecule has 2 heterocycles. The van der Waals surface area contributed by atoms with Crippen molar-refractivity contribution in [3.63, 3.8) is 0 Å². The van der Waals surface area contributed by atoms with Gasteiger partial charge in [-0.05, 0) is 50.6 Å². The van der Waals surface area contributed by atoms with E-state index >= 15 is 0 Å². The fraction of sp³-hybridized carbons (Fsp3) is 0.238. The topological polar surface area (TPSA) is 74.1 Å². The highest BCUT2D eigenvalue weighted by Gasteiger charge is 2.40. The third-order valence-electron chi connectivity index (χ3n) is 4.59. The number of amidine groups is 2. The Morgan fingerprint density at radius 2 is 2.00 bits per heavy atom. The summed E-state index contributed by atoms with van der Waals surface area (Å²) >= 11 is 1.26. The summed E-state index contributed by atoms with van der Waals surface area (Å²) in [5, 5.41) is 2.97. The van der Waals surface area contributed by atoms with E-state index in [1.165, 1.54) is 16.7 Å². The minimum Gasteiger partial charge on any atom is -0.325 e. The fourth-order valence-corrected chi connectivity index (χ4v) is 4.05. The summed E-state index contributed by atoms with van der Waals surface area (Å²) in [4.78, 5) is 36.0. The molecule has 2 atom stereocenters. The Hall–Kier alpha value is -2.93. The number of para-hydroxylation sites is 1. The Morgan fingerprint density at radius 3 is 2.79 bits per heavy atom. The van der Waals surface area contributed by atoms with Crippen LogP contribution in [0, 0.1) is 6.92 Å². The molecule has 2 aromatic carbocycles. The molecule has 28 heavy (non-hydrogen) atoms. The smallest absolute Gasteiger partial charge is 0.258 e. The lowest BCUT2D eigenvalue weighted by atomic mass is 10.1. The van der Waals surface area contributed by atoms with Crippen molar-refractivity contribution in [1.82, 2.24) is 4.90 Å². The van der Waals surface area contributed by atoms with Crippen LogP contribution < -0.4 is 5.32 Å². The molecule has 0 aliphatic carbocycles. The van der Waals surface area contributed by atoms with Crippen LogP contribution in [0.25, 0.3) is 0 Å². The number of hydrogen-bond acceptors (Lipinski definition) is 5. The van der Waals surface area contributed by atoms with Gasteiger partial charge in [-0.25, -0.2) is 9.89 Å². The standard InChI is InChI=1S/C21H20N4O2S/c1-12-7-6-8-15(11-12)23-19(26)14(3)28-21-24-17-10-5-4-9-16(17)18-22-13(2)20(27)25(18)21/h4-11,13-14H,1-3H3,(H,23,26)/t13-,14+/m0/s1. The zero-order valence-electron chi connectivity index (χ0n) is 15.8. The molecule has 6 nitrogen and oxygen atoms in total. The maximum Gasteiger partial charge on any atom is 0.258 e. The first-order chi connectivity index (χ1) is 13.4. The zero-order chi connectivity index (χ0) is 19.8. The average molecular weight is 392 g/mol. The van der Waals surface area contributed by atoms with Crippen LogP contribution in [0.1, 0.15) is 25.0 Å². The van der Waals surface area contributed by atoms with Gasteiger partial charge in [0.1, 0.15) is 11.9 Å². The molecule has 2 amide bonds. The number of amides is 2.